The maximum absolute atomic E-state index is 5.46. The summed E-state index contributed by atoms with van der Waals surface area (Å²) in [6.45, 7) is 26.9. The normalized spacial score (nSPS) is 13.6. The van der Waals surface area contributed by atoms with E-state index in [0.29, 0.717) is 0 Å². The van der Waals surface area contributed by atoms with Crippen molar-refractivity contribution in [3.05, 3.63) is 95.6 Å². The molecule has 0 aliphatic heterocycles. The van der Waals surface area contributed by atoms with Crippen LogP contribution in [-0.2, 0) is 21.7 Å². The summed E-state index contributed by atoms with van der Waals surface area (Å²) in [5.41, 5.74) is 14.3. The maximum Gasteiger partial charge on any atom is 0.147 e. The maximum atomic E-state index is 5.46. The van der Waals surface area contributed by atoms with E-state index in [0.717, 1.165) is 77.7 Å². The summed E-state index contributed by atoms with van der Waals surface area (Å²) >= 11 is 0. The lowest BCUT2D eigenvalue weighted by atomic mass is 9.89. The summed E-state index contributed by atoms with van der Waals surface area (Å²) < 4.78 is 4.71. The largest absolute Gasteiger partial charge is 0.295 e. The number of aromatic nitrogens is 6. The van der Waals surface area contributed by atoms with Crippen molar-refractivity contribution in [2.45, 2.75) is 105 Å². The highest BCUT2D eigenvalue weighted by Crippen LogP contribution is 2.40. The molecule has 0 bridgehead atoms. The molecule has 254 valence electrons. The van der Waals surface area contributed by atoms with Crippen molar-refractivity contribution in [1.82, 2.24) is 28.7 Å². The van der Waals surface area contributed by atoms with Gasteiger partial charge in [0.1, 0.15) is 11.3 Å². The van der Waals surface area contributed by atoms with E-state index in [4.69, 9.17) is 19.9 Å². The van der Waals surface area contributed by atoms with Crippen LogP contribution >= 0.6 is 0 Å². The number of pyridine rings is 4. The van der Waals surface area contributed by atoms with Gasteiger partial charge < -0.3 is 0 Å². The van der Waals surface area contributed by atoms with E-state index < -0.39 is 0 Å². The van der Waals surface area contributed by atoms with Crippen LogP contribution in [0.5, 0.6) is 0 Å². The van der Waals surface area contributed by atoms with E-state index >= 15 is 0 Å². The van der Waals surface area contributed by atoms with Crippen LogP contribution in [0.1, 0.15) is 106 Å². The second-order valence-corrected chi connectivity index (χ2v) is 18.2. The number of rotatable bonds is 1. The van der Waals surface area contributed by atoms with Gasteiger partial charge in [0.2, 0.25) is 0 Å². The molecule has 0 saturated carbocycles. The van der Waals surface area contributed by atoms with Gasteiger partial charge in [-0.25, -0.2) is 9.97 Å². The Balaban J connectivity index is 1.46. The van der Waals surface area contributed by atoms with Crippen LogP contribution in [0, 0.1) is 0 Å². The Morgan fingerprint density at radius 1 is 0.420 bits per heavy atom. The van der Waals surface area contributed by atoms with Crippen LogP contribution in [0.2, 0.25) is 0 Å². The minimum atomic E-state index is -0.137. The summed E-state index contributed by atoms with van der Waals surface area (Å²) in [5.74, 6) is 0. The average Bonchev–Trinajstić information content (AvgIpc) is 3.61. The van der Waals surface area contributed by atoms with Crippen LogP contribution in [0.3, 0.4) is 0 Å². The minimum Gasteiger partial charge on any atom is -0.295 e. The highest BCUT2D eigenvalue weighted by Gasteiger charge is 2.27. The second-order valence-electron chi connectivity index (χ2n) is 18.2. The van der Waals surface area contributed by atoms with E-state index in [1.807, 2.05) is 0 Å². The predicted octanol–water partition coefficient (Wildman–Crippen LogP) is 11.2. The fourth-order valence-corrected chi connectivity index (χ4v) is 7.36. The smallest absolute Gasteiger partial charge is 0.147 e. The van der Waals surface area contributed by atoms with Crippen molar-refractivity contribution in [3.8, 4) is 11.1 Å². The van der Waals surface area contributed by atoms with E-state index in [9.17, 15) is 0 Å². The molecule has 8 aromatic rings. The topological polar surface area (TPSA) is 60.4 Å². The number of imidazole rings is 2. The zero-order valence-electron chi connectivity index (χ0n) is 31.6. The molecule has 0 amide bonds. The number of nitrogens with zero attached hydrogens (tertiary/aromatic N) is 6. The molecule has 50 heavy (non-hydrogen) atoms. The number of benzene rings is 2. The number of para-hydroxylation sites is 2. The van der Waals surface area contributed by atoms with Crippen LogP contribution in [0.15, 0.2) is 72.8 Å². The quantitative estimate of drug-likeness (QED) is 0.176. The molecule has 0 fully saturated rings. The van der Waals surface area contributed by atoms with Crippen LogP contribution in [0.4, 0.5) is 0 Å². The summed E-state index contributed by atoms with van der Waals surface area (Å²) in [7, 11) is 0. The standard InChI is InChI=1S/C44H48N6/c1-41(2,3)33-21-19-27-29(45-33)23-35(43(7,8)9)49-31-17-13-15-25(37(31)47-39(27)49)26-16-14-18-32-38(26)48-40-28-20-22-34(42(4,5)6)46-30(28)24-36(50(32)40)44(10,11)12/h13-24H,1-12H3. The van der Waals surface area contributed by atoms with E-state index in [1.54, 1.807) is 0 Å². The van der Waals surface area contributed by atoms with Crippen LogP contribution in [0.25, 0.3) is 66.3 Å². The molecule has 6 aromatic heterocycles. The first-order chi connectivity index (χ1) is 23.3. The number of fused-ring (bicyclic) bond motifs is 10. The zero-order chi connectivity index (χ0) is 35.7. The fraction of sp³-hybridized carbons (Fsp3) is 0.364. The molecule has 0 spiro atoms. The third kappa shape index (κ3) is 4.90. The summed E-state index contributed by atoms with van der Waals surface area (Å²) in [6.07, 6.45) is 0. The molecule has 6 heteroatoms. The van der Waals surface area contributed by atoms with Crippen molar-refractivity contribution in [2.24, 2.45) is 0 Å². The fourth-order valence-electron chi connectivity index (χ4n) is 7.36. The van der Waals surface area contributed by atoms with Crippen molar-refractivity contribution < 1.29 is 0 Å². The van der Waals surface area contributed by atoms with Gasteiger partial charge in [-0.3, -0.25) is 18.8 Å². The second kappa shape index (κ2) is 10.3. The van der Waals surface area contributed by atoms with Crippen molar-refractivity contribution >= 4 is 55.2 Å². The molecule has 2 aromatic carbocycles. The zero-order valence-corrected chi connectivity index (χ0v) is 31.6. The molecular weight excluding hydrogens is 613 g/mol. The first-order valence-corrected chi connectivity index (χ1v) is 17.8. The monoisotopic (exact) mass is 660 g/mol. The first kappa shape index (κ1) is 32.4. The summed E-state index contributed by atoms with van der Waals surface area (Å²) in [5, 5.41) is 2.12. The summed E-state index contributed by atoms with van der Waals surface area (Å²) in [6, 6.07) is 26.4. The lowest BCUT2D eigenvalue weighted by Crippen LogP contribution is -2.17. The van der Waals surface area contributed by atoms with Gasteiger partial charge in [-0.05, 0) is 48.5 Å². The Labute approximate surface area is 294 Å². The lowest BCUT2D eigenvalue weighted by Gasteiger charge is -2.23. The van der Waals surface area contributed by atoms with Gasteiger partial charge in [-0.1, -0.05) is 107 Å². The number of hydrogen-bond acceptors (Lipinski definition) is 4. The molecular formula is C44H48N6. The van der Waals surface area contributed by atoms with E-state index in [2.05, 4.69) is 165 Å². The van der Waals surface area contributed by atoms with Gasteiger partial charge in [0.15, 0.2) is 0 Å². The van der Waals surface area contributed by atoms with Gasteiger partial charge >= 0.3 is 0 Å². The third-order valence-electron chi connectivity index (χ3n) is 10.1. The molecule has 6 nitrogen and oxygen atoms in total. The van der Waals surface area contributed by atoms with Crippen LogP contribution < -0.4 is 0 Å². The molecule has 6 heterocycles. The Morgan fingerprint density at radius 3 is 1.14 bits per heavy atom. The Morgan fingerprint density at radius 2 is 0.800 bits per heavy atom. The molecule has 0 radical (unpaired) electrons. The third-order valence-corrected chi connectivity index (χ3v) is 10.1. The van der Waals surface area contributed by atoms with Crippen molar-refractivity contribution in [2.75, 3.05) is 0 Å². The van der Waals surface area contributed by atoms with Crippen molar-refractivity contribution in [1.29, 1.82) is 0 Å². The van der Waals surface area contributed by atoms with Gasteiger partial charge in [0.25, 0.3) is 0 Å². The molecule has 0 aliphatic carbocycles. The average molecular weight is 661 g/mol. The van der Waals surface area contributed by atoms with E-state index in [1.165, 1.54) is 11.4 Å². The number of hydrogen-bond donors (Lipinski definition) is 0. The minimum absolute atomic E-state index is 0.0502. The Hall–Kier alpha value is -4.84. The van der Waals surface area contributed by atoms with Gasteiger partial charge in [0.05, 0.1) is 33.1 Å². The van der Waals surface area contributed by atoms with Gasteiger partial charge in [-0.15, -0.1) is 0 Å². The highest BCUT2D eigenvalue weighted by molar-refractivity contribution is 6.07. The molecule has 8 rings (SSSR count). The Kier molecular flexibility index (Phi) is 6.70. The molecule has 0 atom stereocenters. The van der Waals surface area contributed by atoms with Crippen LogP contribution in [-0.4, -0.2) is 28.7 Å². The predicted molar refractivity (Wildman–Crippen MR) is 210 cm³/mol. The van der Waals surface area contributed by atoms with E-state index in [-0.39, 0.29) is 21.7 Å². The van der Waals surface area contributed by atoms with Gasteiger partial charge in [-0.2, -0.15) is 0 Å². The molecule has 0 aliphatic rings. The SMILES string of the molecule is CC(C)(C)c1ccc2c(cc(C(C)(C)C)n3c4cccc(-c5cccc6c5nc5c7ccc(C(C)(C)C)nc7cc(C(C)(C)C)n65)c4nc23)n1. The molecule has 0 unspecified atom stereocenters. The molecule has 0 N–H and O–H groups in total. The Bertz CT molecular complexity index is 2490. The first-order valence-electron chi connectivity index (χ1n) is 17.8. The lowest BCUT2D eigenvalue weighted by molar-refractivity contribution is 0.562. The van der Waals surface area contributed by atoms with Gasteiger partial charge in [0, 0.05) is 66.3 Å². The van der Waals surface area contributed by atoms with Crippen molar-refractivity contribution in [3.63, 3.8) is 0 Å². The molecule has 0 saturated heterocycles. The highest BCUT2D eigenvalue weighted by atomic mass is 15.0. The summed E-state index contributed by atoms with van der Waals surface area (Å²) in [4.78, 5) is 21.3.